The number of anilines is 1. The quantitative estimate of drug-likeness (QED) is 0.677. The van der Waals surface area contributed by atoms with Crippen LogP contribution in [-0.4, -0.2) is 48.6 Å². The first-order chi connectivity index (χ1) is 15.7. The molecule has 0 radical (unpaired) electrons. The normalized spacial score (nSPS) is 14.8. The predicted octanol–water partition coefficient (Wildman–Crippen LogP) is 1.94. The van der Waals surface area contributed by atoms with Crippen LogP contribution in [0.1, 0.15) is 42.5 Å². The highest BCUT2D eigenvalue weighted by molar-refractivity contribution is 7.89. The smallest absolute Gasteiger partial charge is 0.285 e. The third-order valence-electron chi connectivity index (χ3n) is 5.69. The van der Waals surface area contributed by atoms with Crippen molar-refractivity contribution in [3.05, 3.63) is 45.4 Å². The minimum Gasteiger partial charge on any atom is -0.495 e. The summed E-state index contributed by atoms with van der Waals surface area (Å²) in [5, 5.41) is 15.9. The average Bonchev–Trinajstić information content (AvgIpc) is 3.08. The largest absolute Gasteiger partial charge is 0.495 e. The topological polar surface area (TPSA) is 134 Å². The standard InChI is InChI=1S/C22H27N5O5S/c1-15-16(2)25-27(22(29)18(15)13-23)14-21(28)24-19-12-17(8-9-20(19)32-3)33(30,31)26-10-6-4-5-7-11-26/h8-9,12H,4-7,10-11,14H2,1-3H3,(H,24,28). The summed E-state index contributed by atoms with van der Waals surface area (Å²) in [6.45, 7) is 3.73. The molecule has 0 spiro atoms. The van der Waals surface area contributed by atoms with Crippen molar-refractivity contribution in [2.75, 3.05) is 25.5 Å². The van der Waals surface area contributed by atoms with Gasteiger partial charge in [-0.2, -0.15) is 14.7 Å². The molecule has 1 fully saturated rings. The minimum absolute atomic E-state index is 0.0498. The second kappa shape index (κ2) is 10.1. The number of nitriles is 1. The van der Waals surface area contributed by atoms with Crippen LogP contribution in [0.25, 0.3) is 0 Å². The molecule has 0 bridgehead atoms. The number of aromatic nitrogens is 2. The van der Waals surface area contributed by atoms with Gasteiger partial charge in [0.25, 0.3) is 5.56 Å². The third kappa shape index (κ3) is 5.23. The number of amides is 1. The summed E-state index contributed by atoms with van der Waals surface area (Å²) in [4.78, 5) is 25.2. The molecule has 11 heteroatoms. The zero-order valence-corrected chi connectivity index (χ0v) is 19.7. The maximum Gasteiger partial charge on any atom is 0.285 e. The number of nitrogens with one attached hydrogen (secondary N) is 1. The number of rotatable bonds is 6. The minimum atomic E-state index is -3.73. The van der Waals surface area contributed by atoms with E-state index in [1.165, 1.54) is 29.6 Å². The van der Waals surface area contributed by atoms with E-state index in [1.54, 1.807) is 13.8 Å². The molecule has 0 saturated carbocycles. The van der Waals surface area contributed by atoms with Gasteiger partial charge in [-0.3, -0.25) is 9.59 Å². The lowest BCUT2D eigenvalue weighted by atomic mass is 10.1. The second-order valence-electron chi connectivity index (χ2n) is 7.89. The molecule has 3 rings (SSSR count). The summed E-state index contributed by atoms with van der Waals surface area (Å²) in [7, 11) is -2.33. The van der Waals surface area contributed by atoms with Crippen molar-refractivity contribution in [3.8, 4) is 11.8 Å². The molecule has 1 N–H and O–H groups in total. The summed E-state index contributed by atoms with van der Waals surface area (Å²) in [5.41, 5.74) is 0.351. The Morgan fingerprint density at radius 3 is 2.48 bits per heavy atom. The Bertz CT molecular complexity index is 1260. The van der Waals surface area contributed by atoms with E-state index < -0.39 is 28.0 Å². The number of carbonyl (C=O) groups is 1. The molecular formula is C22H27N5O5S. The van der Waals surface area contributed by atoms with E-state index in [-0.39, 0.29) is 21.9 Å². The van der Waals surface area contributed by atoms with Gasteiger partial charge in [0.1, 0.15) is 23.9 Å². The lowest BCUT2D eigenvalue weighted by molar-refractivity contribution is -0.117. The van der Waals surface area contributed by atoms with Gasteiger partial charge in [0.05, 0.1) is 23.4 Å². The van der Waals surface area contributed by atoms with Crippen LogP contribution < -0.4 is 15.6 Å². The molecule has 2 aromatic rings. The van der Waals surface area contributed by atoms with Crippen LogP contribution in [0.3, 0.4) is 0 Å². The van der Waals surface area contributed by atoms with Gasteiger partial charge in [0.15, 0.2) is 0 Å². The molecule has 33 heavy (non-hydrogen) atoms. The van der Waals surface area contributed by atoms with Crippen molar-refractivity contribution in [3.63, 3.8) is 0 Å². The van der Waals surface area contributed by atoms with Gasteiger partial charge < -0.3 is 10.1 Å². The maximum absolute atomic E-state index is 13.1. The molecule has 0 atom stereocenters. The molecule has 1 aliphatic heterocycles. The number of carbonyl (C=O) groups excluding carboxylic acids is 1. The first kappa shape index (κ1) is 24.4. The lowest BCUT2D eigenvalue weighted by Crippen LogP contribution is -2.33. The van der Waals surface area contributed by atoms with Gasteiger partial charge in [-0.1, -0.05) is 12.8 Å². The molecule has 1 aromatic carbocycles. The fourth-order valence-corrected chi connectivity index (χ4v) is 5.26. The molecule has 176 valence electrons. The van der Waals surface area contributed by atoms with Gasteiger partial charge in [-0.15, -0.1) is 0 Å². The molecule has 2 heterocycles. The average molecular weight is 474 g/mol. The Labute approximate surface area is 192 Å². The van der Waals surface area contributed by atoms with Crippen LogP contribution in [0, 0.1) is 25.2 Å². The van der Waals surface area contributed by atoms with Crippen molar-refractivity contribution in [1.82, 2.24) is 14.1 Å². The summed E-state index contributed by atoms with van der Waals surface area (Å²) in [6.07, 6.45) is 3.60. The lowest BCUT2D eigenvalue weighted by Gasteiger charge is -2.21. The molecule has 1 aliphatic rings. The van der Waals surface area contributed by atoms with E-state index in [2.05, 4.69) is 10.4 Å². The van der Waals surface area contributed by atoms with Crippen molar-refractivity contribution in [2.45, 2.75) is 51.0 Å². The Morgan fingerprint density at radius 2 is 1.88 bits per heavy atom. The van der Waals surface area contributed by atoms with E-state index in [9.17, 15) is 23.3 Å². The number of benzene rings is 1. The van der Waals surface area contributed by atoms with E-state index in [1.807, 2.05) is 6.07 Å². The molecular weight excluding hydrogens is 446 g/mol. The predicted molar refractivity (Wildman–Crippen MR) is 122 cm³/mol. The first-order valence-corrected chi connectivity index (χ1v) is 12.1. The first-order valence-electron chi connectivity index (χ1n) is 10.7. The third-order valence-corrected chi connectivity index (χ3v) is 7.58. The zero-order chi connectivity index (χ0) is 24.2. The highest BCUT2D eigenvalue weighted by Crippen LogP contribution is 2.30. The van der Waals surface area contributed by atoms with Crippen molar-refractivity contribution in [2.24, 2.45) is 0 Å². The second-order valence-corrected chi connectivity index (χ2v) is 9.83. The van der Waals surface area contributed by atoms with Gasteiger partial charge in [-0.05, 0) is 50.5 Å². The fraction of sp³-hybridized carbons (Fsp3) is 0.455. The van der Waals surface area contributed by atoms with Crippen LogP contribution in [-0.2, 0) is 21.4 Å². The van der Waals surface area contributed by atoms with E-state index in [0.29, 0.717) is 24.3 Å². The molecule has 1 saturated heterocycles. The molecule has 1 amide bonds. The number of ether oxygens (including phenoxy) is 1. The Hall–Kier alpha value is -3.23. The van der Waals surface area contributed by atoms with Gasteiger partial charge >= 0.3 is 0 Å². The van der Waals surface area contributed by atoms with Crippen molar-refractivity contribution in [1.29, 1.82) is 5.26 Å². The monoisotopic (exact) mass is 473 g/mol. The van der Waals surface area contributed by atoms with Crippen molar-refractivity contribution < 1.29 is 17.9 Å². The Morgan fingerprint density at radius 1 is 1.21 bits per heavy atom. The number of sulfonamides is 1. The van der Waals surface area contributed by atoms with Crippen LogP contribution >= 0.6 is 0 Å². The van der Waals surface area contributed by atoms with Gasteiger partial charge in [-0.25, -0.2) is 13.1 Å². The van der Waals surface area contributed by atoms with Crippen LogP contribution in [0.4, 0.5) is 5.69 Å². The Balaban J connectivity index is 1.88. The number of nitrogens with zero attached hydrogens (tertiary/aromatic N) is 4. The fourth-order valence-electron chi connectivity index (χ4n) is 3.71. The number of methoxy groups -OCH3 is 1. The molecule has 10 nitrogen and oxygen atoms in total. The number of hydrogen-bond acceptors (Lipinski definition) is 7. The summed E-state index contributed by atoms with van der Waals surface area (Å²) < 4.78 is 33.9. The Kier molecular flexibility index (Phi) is 7.50. The molecule has 0 aliphatic carbocycles. The number of aryl methyl sites for hydroxylation is 1. The highest BCUT2D eigenvalue weighted by Gasteiger charge is 2.26. The SMILES string of the molecule is COc1ccc(S(=O)(=O)N2CCCCCC2)cc1NC(=O)Cn1nc(C)c(C)c(C#N)c1=O. The van der Waals surface area contributed by atoms with E-state index in [4.69, 9.17) is 4.74 Å². The number of hydrogen-bond donors (Lipinski definition) is 1. The maximum atomic E-state index is 13.1. The molecule has 0 unspecified atom stereocenters. The highest BCUT2D eigenvalue weighted by atomic mass is 32.2. The van der Waals surface area contributed by atoms with E-state index in [0.717, 1.165) is 30.4 Å². The summed E-state index contributed by atoms with van der Waals surface area (Å²) in [6, 6.07) is 6.13. The van der Waals surface area contributed by atoms with Crippen molar-refractivity contribution >= 4 is 21.6 Å². The summed E-state index contributed by atoms with van der Waals surface area (Å²) in [5.74, 6) is -0.337. The van der Waals surface area contributed by atoms with Gasteiger partial charge in [0.2, 0.25) is 15.9 Å². The van der Waals surface area contributed by atoms with Crippen LogP contribution in [0.5, 0.6) is 5.75 Å². The zero-order valence-electron chi connectivity index (χ0n) is 18.9. The van der Waals surface area contributed by atoms with Crippen LogP contribution in [0.2, 0.25) is 0 Å². The summed E-state index contributed by atoms with van der Waals surface area (Å²) >= 11 is 0. The van der Waals surface area contributed by atoms with Crippen LogP contribution in [0.15, 0.2) is 27.9 Å². The van der Waals surface area contributed by atoms with E-state index >= 15 is 0 Å². The molecule has 1 aromatic heterocycles. The van der Waals surface area contributed by atoms with Gasteiger partial charge in [0, 0.05) is 13.1 Å².